The lowest BCUT2D eigenvalue weighted by Crippen LogP contribution is -2.44. The summed E-state index contributed by atoms with van der Waals surface area (Å²) in [6.07, 6.45) is 0. The summed E-state index contributed by atoms with van der Waals surface area (Å²) in [7, 11) is 2.93. The zero-order valence-electron chi connectivity index (χ0n) is 18.7. The van der Waals surface area contributed by atoms with Crippen LogP contribution in [-0.2, 0) is 9.53 Å². The Kier molecular flexibility index (Phi) is 5.46. The minimum atomic E-state index is -0.486. The predicted octanol–water partition coefficient (Wildman–Crippen LogP) is 2.08. The number of carbonyl (C=O) groups is 1. The Labute approximate surface area is 191 Å². The molecule has 0 bridgehead atoms. The number of phenolic OH excluding ortho intramolecular Hbond substituents is 1. The smallest absolute Gasteiger partial charge is 0.310 e. The Balaban J connectivity index is 1.73. The Morgan fingerprint density at radius 2 is 1.70 bits per heavy atom. The van der Waals surface area contributed by atoms with Crippen molar-refractivity contribution in [1.29, 1.82) is 0 Å². The summed E-state index contributed by atoms with van der Waals surface area (Å²) in [5.74, 6) is 0.314. The maximum atomic E-state index is 13.0. The molecular weight excluding hydrogens is 430 g/mol. The van der Waals surface area contributed by atoms with Gasteiger partial charge in [-0.25, -0.2) is 0 Å². The molecule has 3 N–H and O–H groups in total. The number of aliphatic hydroxyl groups is 1. The molecule has 9 nitrogen and oxygen atoms in total. The van der Waals surface area contributed by atoms with E-state index < -0.39 is 5.92 Å². The van der Waals surface area contributed by atoms with Crippen molar-refractivity contribution in [2.24, 2.45) is 11.8 Å². The van der Waals surface area contributed by atoms with Crippen LogP contribution in [-0.4, -0.2) is 56.5 Å². The van der Waals surface area contributed by atoms with Crippen LogP contribution >= 0.6 is 0 Å². The summed E-state index contributed by atoms with van der Waals surface area (Å²) in [5, 5.41) is 23.6. The minimum absolute atomic E-state index is 0.0433. The molecule has 0 radical (unpaired) electrons. The molecule has 1 aliphatic carbocycles. The highest BCUT2D eigenvalue weighted by Crippen LogP contribution is 2.55. The third kappa shape index (κ3) is 3.43. The number of hydrogen-bond donors (Lipinski definition) is 3. The Bertz CT molecular complexity index is 1060. The number of fused-ring (bicyclic) bond motifs is 3. The van der Waals surface area contributed by atoms with Crippen LogP contribution in [0, 0.1) is 11.8 Å². The third-order valence-corrected chi connectivity index (χ3v) is 6.79. The number of methoxy groups -OCH3 is 2. The molecule has 0 spiro atoms. The maximum absolute atomic E-state index is 13.0. The van der Waals surface area contributed by atoms with Crippen LogP contribution in [0.2, 0.25) is 0 Å². The van der Waals surface area contributed by atoms with Gasteiger partial charge in [-0.2, -0.15) is 0 Å². The summed E-state index contributed by atoms with van der Waals surface area (Å²) in [6.45, 7) is 2.24. The van der Waals surface area contributed by atoms with E-state index in [9.17, 15) is 15.0 Å². The predicted molar refractivity (Wildman–Crippen MR) is 116 cm³/mol. The standard InChI is InChI=1S/C24H27NO8/c1-11(8-26)25-22-14-7-17-16(32-10-33-17)6-13(14)20(21-15(22)9-31-24(21)28)12-4-18(29-2)23(27)19(5-12)30-3/h4-7,11,15,20-22,25-27H,8-10H2,1-3H3/t11-,15+,20-,21+,22+/m1/s1. The number of phenols is 1. The Hall–Kier alpha value is -3.17. The number of hydrogen-bond acceptors (Lipinski definition) is 9. The summed E-state index contributed by atoms with van der Waals surface area (Å²) in [6, 6.07) is 6.89. The van der Waals surface area contributed by atoms with Gasteiger partial charge in [-0.1, -0.05) is 0 Å². The fourth-order valence-electron chi connectivity index (χ4n) is 5.23. The summed E-state index contributed by atoms with van der Waals surface area (Å²) >= 11 is 0. The van der Waals surface area contributed by atoms with Crippen molar-refractivity contribution in [3.63, 3.8) is 0 Å². The summed E-state index contributed by atoms with van der Waals surface area (Å²) in [4.78, 5) is 13.0. The number of benzene rings is 2. The number of carbonyl (C=O) groups excluding carboxylic acids is 1. The zero-order valence-corrected chi connectivity index (χ0v) is 18.7. The van der Waals surface area contributed by atoms with Crippen molar-refractivity contribution in [2.45, 2.75) is 24.9 Å². The fraction of sp³-hybridized carbons (Fsp3) is 0.458. The highest BCUT2D eigenvalue weighted by Gasteiger charge is 2.52. The molecule has 9 heteroatoms. The molecule has 0 unspecified atom stereocenters. The molecule has 5 atom stereocenters. The first-order valence-electron chi connectivity index (χ1n) is 10.9. The minimum Gasteiger partial charge on any atom is -0.502 e. The Morgan fingerprint density at radius 3 is 2.30 bits per heavy atom. The lowest BCUT2D eigenvalue weighted by molar-refractivity contribution is -0.141. The third-order valence-electron chi connectivity index (χ3n) is 6.79. The van der Waals surface area contributed by atoms with E-state index in [1.165, 1.54) is 14.2 Å². The number of ether oxygens (including phenoxy) is 5. The van der Waals surface area contributed by atoms with E-state index in [2.05, 4.69) is 5.32 Å². The van der Waals surface area contributed by atoms with Crippen LogP contribution in [0.1, 0.15) is 35.6 Å². The first-order valence-corrected chi connectivity index (χ1v) is 10.9. The second-order valence-corrected chi connectivity index (χ2v) is 8.63. The number of aliphatic hydroxyl groups excluding tert-OH is 1. The number of nitrogens with one attached hydrogen (secondary N) is 1. The first-order chi connectivity index (χ1) is 16.0. The monoisotopic (exact) mass is 457 g/mol. The van der Waals surface area contributed by atoms with Crippen LogP contribution in [0.3, 0.4) is 0 Å². The lowest BCUT2D eigenvalue weighted by atomic mass is 9.65. The van der Waals surface area contributed by atoms with E-state index >= 15 is 0 Å². The van der Waals surface area contributed by atoms with Gasteiger partial charge in [0.2, 0.25) is 12.5 Å². The zero-order chi connectivity index (χ0) is 23.3. The van der Waals surface area contributed by atoms with Gasteiger partial charge in [-0.15, -0.1) is 0 Å². The molecule has 2 heterocycles. The molecule has 1 fully saturated rings. The van der Waals surface area contributed by atoms with Crippen LogP contribution in [0.25, 0.3) is 0 Å². The molecule has 5 rings (SSSR count). The van der Waals surface area contributed by atoms with Crippen LogP contribution in [0.4, 0.5) is 0 Å². The largest absolute Gasteiger partial charge is 0.502 e. The number of cyclic esters (lactones) is 1. The highest BCUT2D eigenvalue weighted by atomic mass is 16.7. The van der Waals surface area contributed by atoms with Gasteiger partial charge in [0.1, 0.15) is 0 Å². The molecule has 2 aromatic rings. The SMILES string of the molecule is COc1cc([C@@H]2c3cc4c(cc3[C@H](N[C@H](C)CO)[C@H]3COC(=O)[C@H]23)OCO4)cc(OC)c1O. The number of esters is 1. The topological polar surface area (TPSA) is 116 Å². The van der Waals surface area contributed by atoms with Gasteiger partial charge in [0.25, 0.3) is 0 Å². The van der Waals surface area contributed by atoms with Gasteiger partial charge < -0.3 is 39.2 Å². The normalized spacial score (nSPS) is 25.8. The van der Waals surface area contributed by atoms with Crippen LogP contribution in [0.5, 0.6) is 28.7 Å². The lowest BCUT2D eigenvalue weighted by Gasteiger charge is -2.40. The van der Waals surface area contributed by atoms with Gasteiger partial charge in [0.15, 0.2) is 23.0 Å². The van der Waals surface area contributed by atoms with Crippen molar-refractivity contribution in [2.75, 3.05) is 34.2 Å². The molecule has 1 saturated heterocycles. The number of rotatable bonds is 6. The maximum Gasteiger partial charge on any atom is 0.310 e. The number of aromatic hydroxyl groups is 1. The summed E-state index contributed by atoms with van der Waals surface area (Å²) < 4.78 is 27.6. The molecule has 33 heavy (non-hydrogen) atoms. The molecule has 176 valence electrons. The van der Waals surface area contributed by atoms with E-state index in [0.29, 0.717) is 11.5 Å². The van der Waals surface area contributed by atoms with Crippen LogP contribution < -0.4 is 24.3 Å². The van der Waals surface area contributed by atoms with Crippen molar-refractivity contribution in [3.05, 3.63) is 41.0 Å². The molecular formula is C24H27NO8. The molecule has 2 aliphatic heterocycles. The first kappa shape index (κ1) is 21.7. The molecule has 0 amide bonds. The highest BCUT2D eigenvalue weighted by molar-refractivity contribution is 5.79. The van der Waals surface area contributed by atoms with E-state index in [1.54, 1.807) is 12.1 Å². The van der Waals surface area contributed by atoms with Gasteiger partial charge in [0.05, 0.1) is 33.4 Å². The summed E-state index contributed by atoms with van der Waals surface area (Å²) in [5.41, 5.74) is 2.59. The average molecular weight is 457 g/mol. The second-order valence-electron chi connectivity index (χ2n) is 8.63. The van der Waals surface area contributed by atoms with Crippen molar-refractivity contribution < 1.29 is 38.7 Å². The van der Waals surface area contributed by atoms with Crippen molar-refractivity contribution in [1.82, 2.24) is 5.32 Å². The van der Waals surface area contributed by atoms with E-state index in [-0.39, 0.29) is 67.1 Å². The molecule has 2 aromatic carbocycles. The van der Waals surface area contributed by atoms with Crippen LogP contribution in [0.15, 0.2) is 24.3 Å². The van der Waals surface area contributed by atoms with Gasteiger partial charge in [-0.3, -0.25) is 4.79 Å². The molecule has 0 saturated carbocycles. The van der Waals surface area contributed by atoms with E-state index in [0.717, 1.165) is 16.7 Å². The fourth-order valence-corrected chi connectivity index (χ4v) is 5.23. The molecule has 3 aliphatic rings. The van der Waals surface area contributed by atoms with Gasteiger partial charge >= 0.3 is 5.97 Å². The second kappa shape index (κ2) is 8.31. The van der Waals surface area contributed by atoms with Gasteiger partial charge in [0, 0.05) is 23.9 Å². The average Bonchev–Trinajstić information content (AvgIpc) is 3.44. The van der Waals surface area contributed by atoms with Crippen molar-refractivity contribution in [3.8, 4) is 28.7 Å². The van der Waals surface area contributed by atoms with Gasteiger partial charge in [-0.05, 0) is 47.9 Å². The molecule has 0 aromatic heterocycles. The Morgan fingerprint density at radius 1 is 1.06 bits per heavy atom. The van der Waals surface area contributed by atoms with E-state index in [1.807, 2.05) is 19.1 Å². The quantitative estimate of drug-likeness (QED) is 0.561. The van der Waals surface area contributed by atoms with E-state index in [4.69, 9.17) is 23.7 Å². The van der Waals surface area contributed by atoms with Crippen molar-refractivity contribution >= 4 is 5.97 Å².